The van der Waals surface area contributed by atoms with E-state index in [4.69, 9.17) is 9.47 Å². The monoisotopic (exact) mass is 411 g/mol. The second kappa shape index (κ2) is 9.82. The number of hydrogen-bond donors (Lipinski definition) is 3. The molecule has 3 N–H and O–H groups in total. The number of carbonyl (C=O) groups is 1. The van der Waals surface area contributed by atoms with Gasteiger partial charge in [-0.1, -0.05) is 36.4 Å². The standard InChI is InChI=1S/C23H29N3O4/c27-22(18-8-9-20-21(14-18)30-13-12-29-20)19(16-26-10-4-5-11-26)25-23(28)24-15-17-6-2-1-3-7-17/h1-3,6-9,14,19,22,27H,4-5,10-13,15-16H2,(H2,24,25,28)/t19-,22-/m1/s1. The summed E-state index contributed by atoms with van der Waals surface area (Å²) in [6, 6.07) is 14.5. The number of aliphatic hydroxyl groups excluding tert-OH is 1. The van der Waals surface area contributed by atoms with Crippen LogP contribution in [0.4, 0.5) is 4.79 Å². The van der Waals surface area contributed by atoms with Gasteiger partial charge in [0.15, 0.2) is 11.5 Å². The van der Waals surface area contributed by atoms with Crippen molar-refractivity contribution in [3.63, 3.8) is 0 Å². The quantitative estimate of drug-likeness (QED) is 0.652. The van der Waals surface area contributed by atoms with Crippen LogP contribution in [0.5, 0.6) is 11.5 Å². The lowest BCUT2D eigenvalue weighted by Crippen LogP contribution is -2.49. The molecule has 1 saturated heterocycles. The predicted molar refractivity (Wildman–Crippen MR) is 114 cm³/mol. The van der Waals surface area contributed by atoms with Crippen LogP contribution >= 0.6 is 0 Å². The highest BCUT2D eigenvalue weighted by Gasteiger charge is 2.27. The molecule has 160 valence electrons. The Balaban J connectivity index is 1.43. The highest BCUT2D eigenvalue weighted by atomic mass is 16.6. The number of amides is 2. The van der Waals surface area contributed by atoms with E-state index in [1.165, 1.54) is 0 Å². The Labute approximate surface area is 177 Å². The van der Waals surface area contributed by atoms with Gasteiger partial charge in [-0.2, -0.15) is 0 Å². The Kier molecular flexibility index (Phi) is 6.71. The smallest absolute Gasteiger partial charge is 0.315 e. The average molecular weight is 412 g/mol. The van der Waals surface area contributed by atoms with Crippen molar-refractivity contribution in [2.24, 2.45) is 0 Å². The van der Waals surface area contributed by atoms with Crippen LogP contribution in [-0.4, -0.2) is 54.9 Å². The fourth-order valence-corrected chi connectivity index (χ4v) is 3.94. The van der Waals surface area contributed by atoms with E-state index >= 15 is 0 Å². The largest absolute Gasteiger partial charge is 0.486 e. The Bertz CT molecular complexity index is 840. The minimum atomic E-state index is -0.857. The Morgan fingerprint density at radius 1 is 1.03 bits per heavy atom. The van der Waals surface area contributed by atoms with E-state index in [0.717, 1.165) is 31.5 Å². The molecule has 0 spiro atoms. The maximum absolute atomic E-state index is 12.6. The second-order valence-corrected chi connectivity index (χ2v) is 7.77. The number of carbonyl (C=O) groups excluding carboxylic acids is 1. The SMILES string of the molecule is O=C(NCc1ccccc1)N[C@H](CN1CCCC1)[C@H](O)c1ccc2c(c1)OCCO2. The van der Waals surface area contributed by atoms with Crippen LogP contribution in [0.1, 0.15) is 30.1 Å². The molecule has 2 aliphatic rings. The van der Waals surface area contributed by atoms with Crippen LogP contribution < -0.4 is 20.1 Å². The first-order chi connectivity index (χ1) is 14.7. The van der Waals surface area contributed by atoms with E-state index in [-0.39, 0.29) is 6.03 Å². The summed E-state index contributed by atoms with van der Waals surface area (Å²) in [4.78, 5) is 14.9. The molecule has 0 aromatic heterocycles. The molecule has 2 atom stereocenters. The van der Waals surface area contributed by atoms with Crippen LogP contribution in [0.25, 0.3) is 0 Å². The molecule has 30 heavy (non-hydrogen) atoms. The molecular weight excluding hydrogens is 382 g/mol. The number of ether oxygens (including phenoxy) is 2. The number of urea groups is 1. The van der Waals surface area contributed by atoms with Gasteiger partial charge in [0.05, 0.1) is 6.04 Å². The molecule has 4 rings (SSSR count). The molecule has 2 aromatic carbocycles. The topological polar surface area (TPSA) is 83.1 Å². The van der Waals surface area contributed by atoms with Crippen LogP contribution in [0.2, 0.25) is 0 Å². The molecule has 2 heterocycles. The molecule has 7 heteroatoms. The highest BCUT2D eigenvalue weighted by molar-refractivity contribution is 5.74. The van der Waals surface area contributed by atoms with Crippen molar-refractivity contribution in [2.45, 2.75) is 31.5 Å². The zero-order valence-corrected chi connectivity index (χ0v) is 17.0. The van der Waals surface area contributed by atoms with Gasteiger partial charge >= 0.3 is 6.03 Å². The number of likely N-dealkylation sites (tertiary alicyclic amines) is 1. The molecule has 2 aromatic rings. The maximum atomic E-state index is 12.6. The number of hydrogen-bond acceptors (Lipinski definition) is 5. The fourth-order valence-electron chi connectivity index (χ4n) is 3.94. The molecule has 0 saturated carbocycles. The molecule has 0 unspecified atom stereocenters. The van der Waals surface area contributed by atoms with Crippen molar-refractivity contribution in [3.8, 4) is 11.5 Å². The van der Waals surface area contributed by atoms with E-state index in [0.29, 0.717) is 43.4 Å². The third-order valence-corrected chi connectivity index (χ3v) is 5.55. The first-order valence-corrected chi connectivity index (χ1v) is 10.6. The van der Waals surface area contributed by atoms with Gasteiger partial charge in [-0.05, 0) is 49.2 Å². The van der Waals surface area contributed by atoms with Crippen LogP contribution in [0.15, 0.2) is 48.5 Å². The number of fused-ring (bicyclic) bond motifs is 1. The lowest BCUT2D eigenvalue weighted by atomic mass is 10.0. The molecule has 0 bridgehead atoms. The molecule has 0 aliphatic carbocycles. The van der Waals surface area contributed by atoms with E-state index in [1.807, 2.05) is 42.5 Å². The van der Waals surface area contributed by atoms with Crippen molar-refractivity contribution in [1.82, 2.24) is 15.5 Å². The normalized spacial score (nSPS) is 17.9. The molecule has 7 nitrogen and oxygen atoms in total. The van der Waals surface area contributed by atoms with Crippen LogP contribution in [0, 0.1) is 0 Å². The summed E-state index contributed by atoms with van der Waals surface area (Å²) < 4.78 is 11.2. The zero-order valence-electron chi connectivity index (χ0n) is 17.0. The van der Waals surface area contributed by atoms with Gasteiger partial charge in [0, 0.05) is 13.1 Å². The van der Waals surface area contributed by atoms with Gasteiger partial charge in [-0.3, -0.25) is 0 Å². The van der Waals surface area contributed by atoms with E-state index in [2.05, 4.69) is 15.5 Å². The summed E-state index contributed by atoms with van der Waals surface area (Å²) >= 11 is 0. The number of rotatable bonds is 7. The second-order valence-electron chi connectivity index (χ2n) is 7.77. The lowest BCUT2D eigenvalue weighted by molar-refractivity contribution is 0.108. The van der Waals surface area contributed by atoms with E-state index < -0.39 is 12.1 Å². The first-order valence-electron chi connectivity index (χ1n) is 10.6. The van der Waals surface area contributed by atoms with E-state index in [9.17, 15) is 9.90 Å². The van der Waals surface area contributed by atoms with Crippen molar-refractivity contribution in [1.29, 1.82) is 0 Å². The minimum Gasteiger partial charge on any atom is -0.486 e. The van der Waals surface area contributed by atoms with Crippen molar-refractivity contribution in [2.75, 3.05) is 32.8 Å². The van der Waals surface area contributed by atoms with Gasteiger partial charge in [-0.25, -0.2) is 4.79 Å². The highest BCUT2D eigenvalue weighted by Crippen LogP contribution is 2.33. The van der Waals surface area contributed by atoms with Gasteiger partial charge in [0.1, 0.15) is 19.3 Å². The third kappa shape index (κ3) is 5.23. The summed E-state index contributed by atoms with van der Waals surface area (Å²) in [7, 11) is 0. The molecule has 2 aliphatic heterocycles. The zero-order chi connectivity index (χ0) is 20.8. The van der Waals surface area contributed by atoms with Crippen molar-refractivity contribution in [3.05, 3.63) is 59.7 Å². The maximum Gasteiger partial charge on any atom is 0.315 e. The summed E-state index contributed by atoms with van der Waals surface area (Å²) in [6.45, 7) is 4.01. The lowest BCUT2D eigenvalue weighted by Gasteiger charge is -2.29. The Hall–Kier alpha value is -2.77. The van der Waals surface area contributed by atoms with Crippen molar-refractivity contribution < 1.29 is 19.4 Å². The van der Waals surface area contributed by atoms with Gasteiger partial charge in [-0.15, -0.1) is 0 Å². The van der Waals surface area contributed by atoms with Gasteiger partial charge in [0.2, 0.25) is 0 Å². The molecule has 2 amide bonds. The van der Waals surface area contributed by atoms with Gasteiger partial charge in [0.25, 0.3) is 0 Å². The van der Waals surface area contributed by atoms with Crippen LogP contribution in [0.3, 0.4) is 0 Å². The molecular formula is C23H29N3O4. The third-order valence-electron chi connectivity index (χ3n) is 5.55. The van der Waals surface area contributed by atoms with Gasteiger partial charge < -0.3 is 30.1 Å². The summed E-state index contributed by atoms with van der Waals surface area (Å²) in [5.74, 6) is 1.31. The molecule has 1 fully saturated rings. The number of aliphatic hydroxyl groups is 1. The summed E-state index contributed by atoms with van der Waals surface area (Å²) in [5, 5.41) is 17.0. The average Bonchev–Trinajstić information content (AvgIpc) is 3.30. The number of nitrogens with zero attached hydrogens (tertiary/aromatic N) is 1. The molecule has 0 radical (unpaired) electrons. The fraction of sp³-hybridized carbons (Fsp3) is 0.435. The minimum absolute atomic E-state index is 0.292. The Morgan fingerprint density at radius 3 is 2.53 bits per heavy atom. The van der Waals surface area contributed by atoms with Crippen LogP contribution in [-0.2, 0) is 6.54 Å². The van der Waals surface area contributed by atoms with E-state index in [1.54, 1.807) is 6.07 Å². The summed E-state index contributed by atoms with van der Waals surface area (Å²) in [5.41, 5.74) is 1.72. The first kappa shape index (κ1) is 20.5. The predicted octanol–water partition coefficient (Wildman–Crippen LogP) is 2.46. The summed E-state index contributed by atoms with van der Waals surface area (Å²) in [6.07, 6.45) is 1.43. The number of benzene rings is 2. The van der Waals surface area contributed by atoms with Crippen molar-refractivity contribution >= 4 is 6.03 Å². The Morgan fingerprint density at radius 2 is 1.77 bits per heavy atom. The number of nitrogens with one attached hydrogen (secondary N) is 2.